The molecule has 0 saturated heterocycles. The monoisotopic (exact) mass is 236 g/mol. The number of nitrogens with one attached hydrogen (secondary N) is 1. The zero-order valence-corrected chi connectivity index (χ0v) is 10.4. The summed E-state index contributed by atoms with van der Waals surface area (Å²) in [4.78, 5) is 4.50. The number of nitrogens with zero attached hydrogens (tertiary/aromatic N) is 3. The Bertz CT molecular complexity index is 446. The zero-order valence-electron chi connectivity index (χ0n) is 9.60. The summed E-state index contributed by atoms with van der Waals surface area (Å²) in [7, 11) is 1.93. The summed E-state index contributed by atoms with van der Waals surface area (Å²) in [6.45, 7) is 3.80. The maximum absolute atomic E-state index is 4.50. The Morgan fingerprint density at radius 3 is 2.94 bits per heavy atom. The molecule has 2 rings (SSSR count). The minimum absolute atomic E-state index is 0.825. The van der Waals surface area contributed by atoms with Gasteiger partial charge < -0.3 is 5.32 Å². The molecule has 16 heavy (non-hydrogen) atoms. The van der Waals surface area contributed by atoms with Crippen LogP contribution in [0.25, 0.3) is 0 Å². The summed E-state index contributed by atoms with van der Waals surface area (Å²) in [6, 6.07) is 0. The van der Waals surface area contributed by atoms with E-state index in [9.17, 15) is 0 Å². The van der Waals surface area contributed by atoms with Crippen molar-refractivity contribution in [1.29, 1.82) is 0 Å². The second-order valence-corrected chi connectivity index (χ2v) is 4.65. The summed E-state index contributed by atoms with van der Waals surface area (Å²) in [5.41, 5.74) is 2.33. The average molecular weight is 236 g/mol. The van der Waals surface area contributed by atoms with Crippen LogP contribution in [-0.4, -0.2) is 14.8 Å². The van der Waals surface area contributed by atoms with E-state index in [1.54, 1.807) is 11.3 Å². The molecule has 0 radical (unpaired) electrons. The second kappa shape index (κ2) is 5.23. The summed E-state index contributed by atoms with van der Waals surface area (Å²) >= 11 is 1.73. The maximum Gasteiger partial charge on any atom is 0.0926 e. The van der Waals surface area contributed by atoms with Gasteiger partial charge in [0.05, 0.1) is 16.9 Å². The van der Waals surface area contributed by atoms with Gasteiger partial charge in [-0.25, -0.2) is 4.98 Å². The van der Waals surface area contributed by atoms with Gasteiger partial charge in [-0.15, -0.1) is 11.3 Å². The quantitative estimate of drug-likeness (QED) is 0.859. The third kappa shape index (κ3) is 2.90. The molecule has 0 fully saturated rings. The molecule has 2 aromatic heterocycles. The maximum atomic E-state index is 4.50. The number of aromatic nitrogens is 3. The van der Waals surface area contributed by atoms with Crippen molar-refractivity contribution in [1.82, 2.24) is 20.1 Å². The molecule has 0 aromatic carbocycles. The highest BCUT2D eigenvalue weighted by Gasteiger charge is 2.00. The molecule has 86 valence electrons. The molecule has 0 spiro atoms. The summed E-state index contributed by atoms with van der Waals surface area (Å²) in [6.07, 6.45) is 4.92. The van der Waals surface area contributed by atoms with Crippen LogP contribution in [0.1, 0.15) is 23.2 Å². The van der Waals surface area contributed by atoms with E-state index < -0.39 is 0 Å². The van der Waals surface area contributed by atoms with Crippen molar-refractivity contribution in [2.75, 3.05) is 0 Å². The summed E-state index contributed by atoms with van der Waals surface area (Å²) in [5.74, 6) is 0. The first-order chi connectivity index (χ1) is 7.78. The molecule has 0 aliphatic carbocycles. The largest absolute Gasteiger partial charge is 0.307 e. The van der Waals surface area contributed by atoms with Crippen LogP contribution in [0.3, 0.4) is 0 Å². The van der Waals surface area contributed by atoms with E-state index in [4.69, 9.17) is 0 Å². The minimum Gasteiger partial charge on any atom is -0.307 e. The molecular weight excluding hydrogens is 220 g/mol. The lowest BCUT2D eigenvalue weighted by atomic mass is 10.3. The number of hydrogen-bond acceptors (Lipinski definition) is 4. The van der Waals surface area contributed by atoms with Gasteiger partial charge in [0, 0.05) is 37.3 Å². The van der Waals surface area contributed by atoms with Crippen LogP contribution >= 0.6 is 11.3 Å². The van der Waals surface area contributed by atoms with Crippen LogP contribution in [0.4, 0.5) is 0 Å². The third-order valence-electron chi connectivity index (χ3n) is 2.30. The molecular formula is C11H16N4S. The van der Waals surface area contributed by atoms with Gasteiger partial charge in [-0.2, -0.15) is 5.10 Å². The van der Waals surface area contributed by atoms with Gasteiger partial charge in [-0.3, -0.25) is 4.68 Å². The number of aryl methyl sites for hydroxylation is 2. The van der Waals surface area contributed by atoms with Gasteiger partial charge in [-0.1, -0.05) is 6.92 Å². The van der Waals surface area contributed by atoms with E-state index in [1.165, 1.54) is 10.6 Å². The van der Waals surface area contributed by atoms with E-state index in [0.717, 1.165) is 25.2 Å². The van der Waals surface area contributed by atoms with E-state index in [2.05, 4.69) is 27.7 Å². The molecule has 1 N–H and O–H groups in total. The van der Waals surface area contributed by atoms with E-state index in [1.807, 2.05) is 24.1 Å². The predicted octanol–water partition coefficient (Wildman–Crippen LogP) is 1.73. The van der Waals surface area contributed by atoms with Crippen molar-refractivity contribution in [3.05, 3.63) is 34.0 Å². The molecule has 0 atom stereocenters. The van der Waals surface area contributed by atoms with Gasteiger partial charge in [-0.05, 0) is 6.42 Å². The van der Waals surface area contributed by atoms with E-state index in [0.29, 0.717) is 0 Å². The predicted molar refractivity (Wildman–Crippen MR) is 65.2 cm³/mol. The molecule has 5 heteroatoms. The van der Waals surface area contributed by atoms with Gasteiger partial charge in [0.15, 0.2) is 0 Å². The van der Waals surface area contributed by atoms with Crippen molar-refractivity contribution in [2.24, 2.45) is 7.05 Å². The topological polar surface area (TPSA) is 42.7 Å². The van der Waals surface area contributed by atoms with E-state index >= 15 is 0 Å². The lowest BCUT2D eigenvalue weighted by Crippen LogP contribution is -2.12. The van der Waals surface area contributed by atoms with Crippen LogP contribution in [0.5, 0.6) is 0 Å². The number of thiazole rings is 1. The standard InChI is InChI=1S/C11H16N4S/c1-3-11-14-10(8-16-11)6-12-4-9-5-13-15(2)7-9/h5,7-8,12H,3-4,6H2,1-2H3. The lowest BCUT2D eigenvalue weighted by molar-refractivity contribution is 0.679. The Morgan fingerprint density at radius 1 is 1.44 bits per heavy atom. The molecule has 0 unspecified atom stereocenters. The van der Waals surface area contributed by atoms with Crippen LogP contribution < -0.4 is 5.32 Å². The Hall–Kier alpha value is -1.20. The van der Waals surface area contributed by atoms with E-state index in [-0.39, 0.29) is 0 Å². The SMILES string of the molecule is CCc1nc(CNCc2cnn(C)c2)cs1. The van der Waals surface area contributed by atoms with Crippen molar-refractivity contribution < 1.29 is 0 Å². The van der Waals surface area contributed by atoms with Crippen molar-refractivity contribution in [2.45, 2.75) is 26.4 Å². The lowest BCUT2D eigenvalue weighted by Gasteiger charge is -1.99. The average Bonchev–Trinajstić information content (AvgIpc) is 2.88. The van der Waals surface area contributed by atoms with Crippen LogP contribution in [0, 0.1) is 0 Å². The Kier molecular flexibility index (Phi) is 3.69. The van der Waals surface area contributed by atoms with Crippen molar-refractivity contribution in [3.63, 3.8) is 0 Å². The smallest absolute Gasteiger partial charge is 0.0926 e. The number of rotatable bonds is 5. The molecule has 0 aliphatic heterocycles. The fraction of sp³-hybridized carbons (Fsp3) is 0.455. The summed E-state index contributed by atoms with van der Waals surface area (Å²) < 4.78 is 1.81. The second-order valence-electron chi connectivity index (χ2n) is 3.71. The Labute approximate surface area is 99.3 Å². The fourth-order valence-corrected chi connectivity index (χ4v) is 2.24. The fourth-order valence-electron chi connectivity index (χ4n) is 1.49. The van der Waals surface area contributed by atoms with Crippen LogP contribution in [0.2, 0.25) is 0 Å². The van der Waals surface area contributed by atoms with Gasteiger partial charge in [0.25, 0.3) is 0 Å². The Morgan fingerprint density at radius 2 is 2.31 bits per heavy atom. The highest BCUT2D eigenvalue weighted by Crippen LogP contribution is 2.09. The van der Waals surface area contributed by atoms with Crippen molar-refractivity contribution in [3.8, 4) is 0 Å². The molecule has 4 nitrogen and oxygen atoms in total. The van der Waals surface area contributed by atoms with Crippen LogP contribution in [-0.2, 0) is 26.6 Å². The molecule has 0 amide bonds. The third-order valence-corrected chi connectivity index (χ3v) is 3.34. The normalized spacial score (nSPS) is 10.9. The molecule has 0 aliphatic rings. The first-order valence-corrected chi connectivity index (χ1v) is 6.27. The van der Waals surface area contributed by atoms with Gasteiger partial charge >= 0.3 is 0 Å². The zero-order chi connectivity index (χ0) is 11.4. The molecule has 0 bridgehead atoms. The molecule has 2 heterocycles. The molecule has 0 saturated carbocycles. The first kappa shape index (κ1) is 11.3. The Balaban J connectivity index is 1.79. The minimum atomic E-state index is 0.825. The molecule has 2 aromatic rings. The number of hydrogen-bond donors (Lipinski definition) is 1. The van der Waals surface area contributed by atoms with Gasteiger partial charge in [0.2, 0.25) is 0 Å². The van der Waals surface area contributed by atoms with Gasteiger partial charge in [0.1, 0.15) is 0 Å². The highest BCUT2D eigenvalue weighted by atomic mass is 32.1. The summed E-state index contributed by atoms with van der Waals surface area (Å²) in [5, 5.41) is 10.8. The van der Waals surface area contributed by atoms with Crippen LogP contribution in [0.15, 0.2) is 17.8 Å². The highest BCUT2D eigenvalue weighted by molar-refractivity contribution is 7.09. The van der Waals surface area contributed by atoms with Crippen molar-refractivity contribution >= 4 is 11.3 Å². The first-order valence-electron chi connectivity index (χ1n) is 5.39.